The van der Waals surface area contributed by atoms with E-state index in [4.69, 9.17) is 4.89 Å². The lowest BCUT2D eigenvalue weighted by Crippen LogP contribution is -1.45. The molecule has 0 radical (unpaired) electrons. The van der Waals surface area contributed by atoms with Crippen molar-refractivity contribution in [3.8, 4) is 23.9 Å². The van der Waals surface area contributed by atoms with E-state index >= 15 is 0 Å². The Kier molecular flexibility index (Phi) is 3.15. The average molecular weight is 114 g/mol. The maximum absolute atomic E-state index is 9.67. The zero-order chi connectivity index (χ0) is 5.70. The van der Waals surface area contributed by atoms with Gasteiger partial charge < -0.3 is 4.89 Å². The van der Waals surface area contributed by atoms with E-state index in [1.165, 1.54) is 0 Å². The SMILES string of the molecule is C#CC#C[PH](=O)O. The highest BCUT2D eigenvalue weighted by Gasteiger charge is 1.71. The fourth-order valence-corrected chi connectivity index (χ4v) is 0.269. The van der Waals surface area contributed by atoms with Gasteiger partial charge in [-0.25, -0.2) is 0 Å². The average Bonchev–Trinajstić information content (AvgIpc) is 1.61. The number of hydrogen-bond donors (Lipinski definition) is 1. The molecule has 0 spiro atoms. The van der Waals surface area contributed by atoms with Gasteiger partial charge in [0, 0.05) is 5.66 Å². The first-order valence-corrected chi connectivity index (χ1v) is 2.82. The fourth-order valence-electron chi connectivity index (χ4n) is 0.0896. The van der Waals surface area contributed by atoms with Gasteiger partial charge in [-0.05, 0) is 11.8 Å². The molecule has 0 rings (SSSR count). The van der Waals surface area contributed by atoms with Gasteiger partial charge in [0.2, 0.25) is 0 Å². The molecule has 0 fully saturated rings. The standard InChI is InChI=1S/C4H3O2P/c1-2-3-4-7(5)6/h1,7H,(H,5,6). The Balaban J connectivity index is 3.74. The first-order valence-electron chi connectivity index (χ1n) is 1.47. The summed E-state index contributed by atoms with van der Waals surface area (Å²) in [6.07, 6.45) is 4.62. The predicted octanol–water partition coefficient (Wildman–Crippen LogP) is 0.0475. The van der Waals surface area contributed by atoms with Gasteiger partial charge in [0.25, 0.3) is 8.03 Å². The minimum absolute atomic E-state index is 1.90. The molecule has 1 atom stereocenters. The van der Waals surface area contributed by atoms with Crippen molar-refractivity contribution >= 4 is 8.03 Å². The van der Waals surface area contributed by atoms with Crippen LogP contribution in [0.3, 0.4) is 0 Å². The van der Waals surface area contributed by atoms with Crippen LogP contribution in [0.25, 0.3) is 0 Å². The molecular weight excluding hydrogens is 111 g/mol. The molecule has 0 amide bonds. The van der Waals surface area contributed by atoms with E-state index < -0.39 is 8.03 Å². The minimum Gasteiger partial charge on any atom is -0.338 e. The highest BCUT2D eigenvalue weighted by Crippen LogP contribution is 2.06. The quantitative estimate of drug-likeness (QED) is 0.356. The van der Waals surface area contributed by atoms with E-state index in [1.807, 2.05) is 17.5 Å². The molecule has 2 nitrogen and oxygen atoms in total. The molecule has 0 bridgehead atoms. The molecule has 0 aliphatic carbocycles. The van der Waals surface area contributed by atoms with Gasteiger partial charge in [-0.2, -0.15) is 0 Å². The molecule has 3 heteroatoms. The normalized spacial score (nSPS) is 10.3. The fraction of sp³-hybridized carbons (Fsp3) is 0. The van der Waals surface area contributed by atoms with Crippen LogP contribution >= 0.6 is 8.03 Å². The molecule has 0 aliphatic rings. The van der Waals surface area contributed by atoms with Gasteiger partial charge in [0.15, 0.2) is 0 Å². The Morgan fingerprint density at radius 1 is 1.71 bits per heavy atom. The molecule has 7 heavy (non-hydrogen) atoms. The van der Waals surface area contributed by atoms with Crippen LogP contribution in [0.4, 0.5) is 0 Å². The highest BCUT2D eigenvalue weighted by molar-refractivity contribution is 7.44. The van der Waals surface area contributed by atoms with Crippen LogP contribution in [0.1, 0.15) is 0 Å². The Hall–Kier alpha value is -0.690. The second kappa shape index (κ2) is 3.50. The van der Waals surface area contributed by atoms with Crippen molar-refractivity contribution in [3.05, 3.63) is 0 Å². The second-order valence-electron chi connectivity index (χ2n) is 0.699. The summed E-state index contributed by atoms with van der Waals surface area (Å²) in [4.78, 5) is 7.96. The Labute approximate surface area is 42.4 Å². The first kappa shape index (κ1) is 6.31. The van der Waals surface area contributed by atoms with Crippen molar-refractivity contribution < 1.29 is 9.46 Å². The van der Waals surface area contributed by atoms with Crippen molar-refractivity contribution in [3.63, 3.8) is 0 Å². The van der Waals surface area contributed by atoms with Crippen LogP contribution < -0.4 is 0 Å². The molecular formula is C4H3O2P. The predicted molar refractivity (Wildman–Crippen MR) is 27.8 cm³/mol. The molecule has 1 unspecified atom stereocenters. The Morgan fingerprint density at radius 2 is 2.29 bits per heavy atom. The summed E-state index contributed by atoms with van der Waals surface area (Å²) in [6.45, 7) is 0. The van der Waals surface area contributed by atoms with Gasteiger partial charge in [-0.15, -0.1) is 6.42 Å². The minimum atomic E-state index is -2.65. The summed E-state index contributed by atoms with van der Waals surface area (Å²) in [6, 6.07) is 0. The summed E-state index contributed by atoms with van der Waals surface area (Å²) in [5, 5.41) is 0. The van der Waals surface area contributed by atoms with Gasteiger partial charge in [0.05, 0.1) is 0 Å². The molecule has 1 N–H and O–H groups in total. The maximum Gasteiger partial charge on any atom is 0.260 e. The van der Waals surface area contributed by atoms with Crippen LogP contribution in [0, 0.1) is 23.9 Å². The van der Waals surface area contributed by atoms with E-state index in [-0.39, 0.29) is 0 Å². The van der Waals surface area contributed by atoms with Crippen LogP contribution in [0.5, 0.6) is 0 Å². The van der Waals surface area contributed by atoms with E-state index in [2.05, 4.69) is 6.42 Å². The maximum atomic E-state index is 9.67. The first-order chi connectivity index (χ1) is 3.27. The Bertz CT molecular complexity index is 166. The summed E-state index contributed by atoms with van der Waals surface area (Å²) in [5.74, 6) is 3.91. The zero-order valence-corrected chi connectivity index (χ0v) is 4.43. The second-order valence-corrected chi connectivity index (χ2v) is 1.56. The molecule has 0 aliphatic heterocycles. The number of rotatable bonds is 0. The lowest BCUT2D eigenvalue weighted by atomic mass is 10.7. The van der Waals surface area contributed by atoms with Crippen molar-refractivity contribution in [1.29, 1.82) is 0 Å². The summed E-state index contributed by atoms with van der Waals surface area (Å²) < 4.78 is 9.67. The third kappa shape index (κ3) is 5.31. The third-order valence-electron chi connectivity index (χ3n) is 0.242. The van der Waals surface area contributed by atoms with Crippen LogP contribution in [-0.2, 0) is 4.57 Å². The van der Waals surface area contributed by atoms with E-state index in [1.54, 1.807) is 0 Å². The van der Waals surface area contributed by atoms with Crippen molar-refractivity contribution in [1.82, 2.24) is 0 Å². The lowest BCUT2D eigenvalue weighted by molar-refractivity contribution is 0.514. The van der Waals surface area contributed by atoms with Gasteiger partial charge in [0.1, 0.15) is 0 Å². The molecule has 0 saturated carbocycles. The third-order valence-corrected chi connectivity index (χ3v) is 0.580. The topological polar surface area (TPSA) is 37.3 Å². The van der Waals surface area contributed by atoms with E-state index in [9.17, 15) is 4.57 Å². The van der Waals surface area contributed by atoms with Gasteiger partial charge in [-0.3, -0.25) is 4.57 Å². The molecule has 0 aromatic heterocycles. The summed E-state index contributed by atoms with van der Waals surface area (Å²) >= 11 is 0. The summed E-state index contributed by atoms with van der Waals surface area (Å²) in [7, 11) is -2.65. The Morgan fingerprint density at radius 3 is 2.43 bits per heavy atom. The van der Waals surface area contributed by atoms with Crippen molar-refractivity contribution in [2.45, 2.75) is 0 Å². The highest BCUT2D eigenvalue weighted by atomic mass is 31.1. The molecule has 36 valence electrons. The molecule has 0 aromatic rings. The van der Waals surface area contributed by atoms with Gasteiger partial charge >= 0.3 is 0 Å². The van der Waals surface area contributed by atoms with Crippen LogP contribution in [0.15, 0.2) is 0 Å². The molecule has 0 saturated heterocycles. The van der Waals surface area contributed by atoms with E-state index in [0.717, 1.165) is 0 Å². The van der Waals surface area contributed by atoms with Gasteiger partial charge in [-0.1, -0.05) is 0 Å². The molecule has 0 aromatic carbocycles. The van der Waals surface area contributed by atoms with Crippen LogP contribution in [-0.4, -0.2) is 4.89 Å². The number of hydrogen-bond acceptors (Lipinski definition) is 1. The summed E-state index contributed by atoms with van der Waals surface area (Å²) in [5.41, 5.74) is 1.91. The smallest absolute Gasteiger partial charge is 0.260 e. The van der Waals surface area contributed by atoms with Crippen LogP contribution in [0.2, 0.25) is 0 Å². The monoisotopic (exact) mass is 114 g/mol. The number of terminal acetylenes is 1. The zero-order valence-electron chi connectivity index (χ0n) is 3.43. The largest absolute Gasteiger partial charge is 0.338 e. The van der Waals surface area contributed by atoms with E-state index in [0.29, 0.717) is 0 Å². The lowest BCUT2D eigenvalue weighted by Gasteiger charge is -1.64. The molecule has 0 heterocycles. The van der Waals surface area contributed by atoms with Crippen molar-refractivity contribution in [2.75, 3.05) is 0 Å². The van der Waals surface area contributed by atoms with Crippen molar-refractivity contribution in [2.24, 2.45) is 0 Å².